The molecule has 27 heavy (non-hydrogen) atoms. The zero-order valence-electron chi connectivity index (χ0n) is 16.3. The SMILES string of the molecule is COc1ccc2c(c1)CC[C@@H](NC(C)=O)c1cc(OC)c(OC)c(OC)c1-2. The molecule has 0 fully saturated rings. The Hall–Kier alpha value is -2.89. The molecule has 0 radical (unpaired) electrons. The van der Waals surface area contributed by atoms with Gasteiger partial charge in [-0.05, 0) is 47.7 Å². The molecule has 3 rings (SSSR count). The molecule has 0 unspecified atom stereocenters. The van der Waals surface area contributed by atoms with Crippen LogP contribution in [0.4, 0.5) is 0 Å². The molecule has 144 valence electrons. The van der Waals surface area contributed by atoms with Crippen molar-refractivity contribution in [3.05, 3.63) is 35.4 Å². The lowest BCUT2D eigenvalue weighted by Gasteiger charge is -2.23. The van der Waals surface area contributed by atoms with E-state index >= 15 is 0 Å². The van der Waals surface area contributed by atoms with Crippen molar-refractivity contribution in [2.45, 2.75) is 25.8 Å². The van der Waals surface area contributed by atoms with E-state index in [9.17, 15) is 4.79 Å². The summed E-state index contributed by atoms with van der Waals surface area (Å²) in [6.07, 6.45) is 1.55. The summed E-state index contributed by atoms with van der Waals surface area (Å²) < 4.78 is 22.2. The maximum atomic E-state index is 11.8. The molecule has 2 aromatic carbocycles. The van der Waals surface area contributed by atoms with E-state index in [1.165, 1.54) is 6.92 Å². The topological polar surface area (TPSA) is 66.0 Å². The number of hydrogen-bond acceptors (Lipinski definition) is 5. The van der Waals surface area contributed by atoms with Gasteiger partial charge in [0, 0.05) is 12.5 Å². The highest BCUT2D eigenvalue weighted by molar-refractivity contribution is 5.84. The first-order chi connectivity index (χ1) is 13.0. The van der Waals surface area contributed by atoms with E-state index in [0.29, 0.717) is 17.2 Å². The number of benzene rings is 2. The smallest absolute Gasteiger partial charge is 0.217 e. The zero-order chi connectivity index (χ0) is 19.6. The molecular formula is C21H25NO5. The molecular weight excluding hydrogens is 346 g/mol. The average Bonchev–Trinajstić information content (AvgIpc) is 2.82. The number of rotatable bonds is 5. The first kappa shape index (κ1) is 18.9. The fraction of sp³-hybridized carbons (Fsp3) is 0.381. The standard InChI is InChI=1S/C21H25NO5/c1-12(23)22-17-9-6-13-10-14(24-2)7-8-15(13)19-16(17)11-18(25-3)20(26-4)21(19)27-5/h7-8,10-11,17H,6,9H2,1-5H3,(H,22,23)/t17-/m1/s1. The van der Waals surface area contributed by atoms with Crippen LogP contribution in [-0.2, 0) is 11.2 Å². The van der Waals surface area contributed by atoms with E-state index in [1.54, 1.807) is 28.4 Å². The largest absolute Gasteiger partial charge is 0.497 e. The highest BCUT2D eigenvalue weighted by Crippen LogP contribution is 2.51. The molecule has 1 aliphatic rings. The molecule has 0 aromatic heterocycles. The lowest BCUT2D eigenvalue weighted by atomic mass is 9.93. The molecule has 0 aliphatic heterocycles. The van der Waals surface area contributed by atoms with E-state index < -0.39 is 0 Å². The van der Waals surface area contributed by atoms with Crippen LogP contribution in [0.25, 0.3) is 11.1 Å². The van der Waals surface area contributed by atoms with Gasteiger partial charge in [0.15, 0.2) is 11.5 Å². The second-order valence-corrected chi connectivity index (χ2v) is 6.42. The van der Waals surface area contributed by atoms with E-state index in [1.807, 2.05) is 24.3 Å². The van der Waals surface area contributed by atoms with Crippen LogP contribution >= 0.6 is 0 Å². The van der Waals surface area contributed by atoms with Gasteiger partial charge in [-0.2, -0.15) is 0 Å². The molecule has 1 N–H and O–H groups in total. The molecule has 0 saturated heterocycles. The molecule has 1 atom stereocenters. The first-order valence-electron chi connectivity index (χ1n) is 8.81. The highest BCUT2D eigenvalue weighted by Gasteiger charge is 2.30. The van der Waals surface area contributed by atoms with Crippen molar-refractivity contribution in [2.75, 3.05) is 28.4 Å². The van der Waals surface area contributed by atoms with Gasteiger partial charge in [-0.25, -0.2) is 0 Å². The molecule has 6 heteroatoms. The molecule has 0 bridgehead atoms. The van der Waals surface area contributed by atoms with Gasteiger partial charge >= 0.3 is 0 Å². The van der Waals surface area contributed by atoms with Crippen molar-refractivity contribution < 1.29 is 23.7 Å². The number of methoxy groups -OCH3 is 4. The second kappa shape index (κ2) is 7.78. The van der Waals surface area contributed by atoms with Crippen molar-refractivity contribution >= 4 is 5.91 Å². The van der Waals surface area contributed by atoms with Gasteiger partial charge < -0.3 is 24.3 Å². The van der Waals surface area contributed by atoms with Gasteiger partial charge in [0.25, 0.3) is 0 Å². The van der Waals surface area contributed by atoms with Crippen molar-refractivity contribution in [2.24, 2.45) is 0 Å². The Kier molecular flexibility index (Phi) is 5.44. The number of nitrogens with one attached hydrogen (secondary N) is 1. The fourth-order valence-corrected chi connectivity index (χ4v) is 3.73. The summed E-state index contributed by atoms with van der Waals surface area (Å²) in [5, 5.41) is 3.06. The molecule has 2 aromatic rings. The van der Waals surface area contributed by atoms with E-state index in [0.717, 1.165) is 40.8 Å². The van der Waals surface area contributed by atoms with Crippen LogP contribution in [0.15, 0.2) is 24.3 Å². The third kappa shape index (κ3) is 3.39. The second-order valence-electron chi connectivity index (χ2n) is 6.42. The van der Waals surface area contributed by atoms with Crippen molar-refractivity contribution in [1.82, 2.24) is 5.32 Å². The molecule has 0 spiro atoms. The number of ether oxygens (including phenoxy) is 4. The van der Waals surface area contributed by atoms with Crippen LogP contribution < -0.4 is 24.3 Å². The summed E-state index contributed by atoms with van der Waals surface area (Å²) in [6.45, 7) is 1.53. The van der Waals surface area contributed by atoms with Gasteiger partial charge in [-0.3, -0.25) is 4.79 Å². The van der Waals surface area contributed by atoms with Crippen LogP contribution in [0, 0.1) is 0 Å². The Labute approximate surface area is 159 Å². The monoisotopic (exact) mass is 371 g/mol. The summed E-state index contributed by atoms with van der Waals surface area (Å²) in [5.41, 5.74) is 4.03. The maximum absolute atomic E-state index is 11.8. The Morgan fingerprint density at radius 2 is 1.74 bits per heavy atom. The quantitative estimate of drug-likeness (QED) is 0.871. The van der Waals surface area contributed by atoms with Crippen molar-refractivity contribution in [3.63, 3.8) is 0 Å². The minimum Gasteiger partial charge on any atom is -0.497 e. The lowest BCUT2D eigenvalue weighted by Crippen LogP contribution is -2.26. The van der Waals surface area contributed by atoms with Crippen LogP contribution in [-0.4, -0.2) is 34.3 Å². The first-order valence-corrected chi connectivity index (χ1v) is 8.81. The molecule has 0 heterocycles. The lowest BCUT2D eigenvalue weighted by molar-refractivity contribution is -0.119. The third-order valence-corrected chi connectivity index (χ3v) is 4.90. The highest BCUT2D eigenvalue weighted by atomic mass is 16.5. The number of hydrogen-bond donors (Lipinski definition) is 1. The van der Waals surface area contributed by atoms with Gasteiger partial charge in [0.1, 0.15) is 5.75 Å². The summed E-state index contributed by atoms with van der Waals surface area (Å²) in [5.74, 6) is 2.41. The molecule has 1 amide bonds. The summed E-state index contributed by atoms with van der Waals surface area (Å²) in [7, 11) is 6.44. The number of carbonyl (C=O) groups excluding carboxylic acids is 1. The van der Waals surface area contributed by atoms with Gasteiger partial charge in [-0.1, -0.05) is 6.07 Å². The predicted molar refractivity (Wildman–Crippen MR) is 103 cm³/mol. The van der Waals surface area contributed by atoms with Crippen LogP contribution in [0.2, 0.25) is 0 Å². The van der Waals surface area contributed by atoms with Gasteiger partial charge in [-0.15, -0.1) is 0 Å². The normalized spacial score (nSPS) is 15.1. The summed E-state index contributed by atoms with van der Waals surface area (Å²) in [4.78, 5) is 11.8. The van der Waals surface area contributed by atoms with Gasteiger partial charge in [0.2, 0.25) is 11.7 Å². The summed E-state index contributed by atoms with van der Waals surface area (Å²) >= 11 is 0. The number of amides is 1. The van der Waals surface area contributed by atoms with E-state index in [4.69, 9.17) is 18.9 Å². The number of fused-ring (bicyclic) bond motifs is 3. The average molecular weight is 371 g/mol. The van der Waals surface area contributed by atoms with Crippen LogP contribution in [0.1, 0.15) is 30.5 Å². The Balaban J connectivity index is 2.34. The van der Waals surface area contributed by atoms with Gasteiger partial charge in [0.05, 0.1) is 34.5 Å². The zero-order valence-corrected chi connectivity index (χ0v) is 16.3. The van der Waals surface area contributed by atoms with E-state index in [-0.39, 0.29) is 11.9 Å². The molecule has 0 saturated carbocycles. The number of aryl methyl sites for hydroxylation is 1. The minimum absolute atomic E-state index is 0.0803. The third-order valence-electron chi connectivity index (χ3n) is 4.90. The van der Waals surface area contributed by atoms with Crippen LogP contribution in [0.5, 0.6) is 23.0 Å². The Morgan fingerprint density at radius 3 is 2.33 bits per heavy atom. The minimum atomic E-state index is -0.162. The Bertz CT molecular complexity index is 862. The predicted octanol–water partition coefficient (Wildman–Crippen LogP) is 3.51. The fourth-order valence-electron chi connectivity index (χ4n) is 3.73. The van der Waals surface area contributed by atoms with Crippen molar-refractivity contribution in [1.29, 1.82) is 0 Å². The van der Waals surface area contributed by atoms with Crippen LogP contribution in [0.3, 0.4) is 0 Å². The summed E-state index contributed by atoms with van der Waals surface area (Å²) in [6, 6.07) is 7.75. The number of carbonyl (C=O) groups is 1. The molecule has 1 aliphatic carbocycles. The van der Waals surface area contributed by atoms with Crippen molar-refractivity contribution in [3.8, 4) is 34.1 Å². The molecule has 6 nitrogen and oxygen atoms in total. The Morgan fingerprint density at radius 1 is 1.00 bits per heavy atom. The van der Waals surface area contributed by atoms with E-state index in [2.05, 4.69) is 5.32 Å². The maximum Gasteiger partial charge on any atom is 0.217 e.